The summed E-state index contributed by atoms with van der Waals surface area (Å²) >= 11 is 0. The van der Waals surface area contributed by atoms with E-state index in [9.17, 15) is 9.59 Å². The zero-order valence-corrected chi connectivity index (χ0v) is 15.9. The number of amides is 1. The van der Waals surface area contributed by atoms with E-state index in [2.05, 4.69) is 18.2 Å². The van der Waals surface area contributed by atoms with Gasteiger partial charge in [0.2, 0.25) is 5.91 Å². The lowest BCUT2D eigenvalue weighted by Gasteiger charge is -2.19. The zero-order valence-electron chi connectivity index (χ0n) is 15.9. The highest BCUT2D eigenvalue weighted by atomic mass is 16.5. The summed E-state index contributed by atoms with van der Waals surface area (Å²) in [6.45, 7) is 2.04. The zero-order chi connectivity index (χ0) is 19.4. The topological polar surface area (TPSA) is 46.6 Å². The fourth-order valence-electron chi connectivity index (χ4n) is 3.21. The van der Waals surface area contributed by atoms with Crippen molar-refractivity contribution in [1.82, 2.24) is 4.90 Å². The number of ketones is 1. The molecule has 3 rings (SSSR count). The molecule has 27 heavy (non-hydrogen) atoms. The maximum Gasteiger partial charge on any atom is 0.227 e. The molecule has 0 aliphatic rings. The number of likely N-dealkylation sites (N-methyl/N-ethyl adjacent to an activating group) is 1. The van der Waals surface area contributed by atoms with E-state index in [1.165, 1.54) is 6.92 Å². The molecule has 0 saturated carbocycles. The fraction of sp³-hybridized carbons (Fsp3) is 0.217. The van der Waals surface area contributed by atoms with Crippen LogP contribution >= 0.6 is 0 Å². The minimum atomic E-state index is -0.0320. The molecule has 3 aromatic carbocycles. The van der Waals surface area contributed by atoms with Crippen LogP contribution in [0, 0.1) is 0 Å². The van der Waals surface area contributed by atoms with Crippen LogP contribution in [-0.2, 0) is 17.8 Å². The van der Waals surface area contributed by atoms with Gasteiger partial charge >= 0.3 is 0 Å². The van der Waals surface area contributed by atoms with Gasteiger partial charge in [0.15, 0.2) is 5.78 Å². The molecule has 138 valence electrons. The molecule has 0 heterocycles. The van der Waals surface area contributed by atoms with Crippen LogP contribution < -0.4 is 4.74 Å². The molecule has 0 aliphatic heterocycles. The van der Waals surface area contributed by atoms with Gasteiger partial charge in [-0.2, -0.15) is 0 Å². The van der Waals surface area contributed by atoms with E-state index in [0.29, 0.717) is 17.9 Å². The second kappa shape index (κ2) is 8.04. The molecule has 1 amide bonds. The molecule has 0 aliphatic carbocycles. The second-order valence-corrected chi connectivity index (χ2v) is 6.65. The highest BCUT2D eigenvalue weighted by Crippen LogP contribution is 2.23. The average molecular weight is 361 g/mol. The van der Waals surface area contributed by atoms with Crippen LogP contribution in [0.5, 0.6) is 5.75 Å². The Kier molecular flexibility index (Phi) is 5.55. The van der Waals surface area contributed by atoms with Crippen molar-refractivity contribution in [2.45, 2.75) is 19.9 Å². The fourth-order valence-corrected chi connectivity index (χ4v) is 3.21. The summed E-state index contributed by atoms with van der Waals surface area (Å²) in [5.41, 5.74) is 2.41. The average Bonchev–Trinajstić information content (AvgIpc) is 2.68. The molecule has 0 N–H and O–H groups in total. The third-order valence-corrected chi connectivity index (χ3v) is 4.74. The highest BCUT2D eigenvalue weighted by Gasteiger charge is 2.15. The molecule has 0 radical (unpaired) electrons. The van der Waals surface area contributed by atoms with Crippen LogP contribution in [0.1, 0.15) is 28.4 Å². The molecule has 0 unspecified atom stereocenters. The molecular weight excluding hydrogens is 338 g/mol. The number of hydrogen-bond acceptors (Lipinski definition) is 3. The number of benzene rings is 3. The van der Waals surface area contributed by atoms with Gasteiger partial charge in [-0.1, -0.05) is 42.5 Å². The first kappa shape index (κ1) is 18.6. The molecule has 0 saturated heterocycles. The Morgan fingerprint density at radius 2 is 1.70 bits per heavy atom. The summed E-state index contributed by atoms with van der Waals surface area (Å²) in [5, 5.41) is 2.31. The van der Waals surface area contributed by atoms with Crippen LogP contribution in [0.3, 0.4) is 0 Å². The van der Waals surface area contributed by atoms with Gasteiger partial charge in [0.25, 0.3) is 0 Å². The molecule has 4 nitrogen and oxygen atoms in total. The first-order valence-corrected chi connectivity index (χ1v) is 8.88. The van der Waals surface area contributed by atoms with Crippen LogP contribution in [0.15, 0.2) is 60.7 Å². The molecule has 0 fully saturated rings. The number of fused-ring (bicyclic) bond motifs is 1. The summed E-state index contributed by atoms with van der Waals surface area (Å²) in [6.07, 6.45) is 0.186. The summed E-state index contributed by atoms with van der Waals surface area (Å²) in [5.74, 6) is 0.560. The highest BCUT2D eigenvalue weighted by molar-refractivity contribution is 5.95. The smallest absolute Gasteiger partial charge is 0.227 e. The first-order valence-electron chi connectivity index (χ1n) is 8.88. The van der Waals surface area contributed by atoms with Crippen molar-refractivity contribution in [3.8, 4) is 5.75 Å². The number of Topliss-reactive ketones (excluding diaryl/α,β-unsaturated/α-hetero) is 1. The Hall–Kier alpha value is -3.14. The van der Waals surface area contributed by atoms with Gasteiger partial charge < -0.3 is 9.64 Å². The lowest BCUT2D eigenvalue weighted by Crippen LogP contribution is -2.28. The van der Waals surface area contributed by atoms with E-state index < -0.39 is 0 Å². The van der Waals surface area contributed by atoms with Crippen molar-refractivity contribution in [2.75, 3.05) is 14.2 Å². The van der Waals surface area contributed by atoms with Gasteiger partial charge in [-0.05, 0) is 41.5 Å². The number of methoxy groups -OCH3 is 1. The number of hydrogen-bond donors (Lipinski definition) is 0. The van der Waals surface area contributed by atoms with Gasteiger partial charge in [-0.15, -0.1) is 0 Å². The maximum absolute atomic E-state index is 12.8. The lowest BCUT2D eigenvalue weighted by atomic mass is 10.0. The number of carbonyl (C=O) groups is 2. The maximum atomic E-state index is 12.8. The third kappa shape index (κ3) is 4.17. The summed E-state index contributed by atoms with van der Waals surface area (Å²) < 4.78 is 5.35. The molecule has 0 bridgehead atoms. The SMILES string of the molecule is COc1ccc(C(C)=O)cc1CC(=O)N(C)Cc1cccc2ccccc12. The van der Waals surface area contributed by atoms with Crippen molar-refractivity contribution < 1.29 is 14.3 Å². The third-order valence-electron chi connectivity index (χ3n) is 4.74. The van der Waals surface area contributed by atoms with Crippen LogP contribution in [0.4, 0.5) is 0 Å². The van der Waals surface area contributed by atoms with E-state index in [-0.39, 0.29) is 18.1 Å². The van der Waals surface area contributed by atoms with Gasteiger partial charge in [-0.25, -0.2) is 0 Å². The number of rotatable bonds is 6. The van der Waals surface area contributed by atoms with Crippen molar-refractivity contribution in [3.05, 3.63) is 77.4 Å². The normalized spacial score (nSPS) is 10.6. The minimum Gasteiger partial charge on any atom is -0.496 e. The van der Waals surface area contributed by atoms with Crippen LogP contribution in [0.25, 0.3) is 10.8 Å². The Morgan fingerprint density at radius 3 is 2.44 bits per heavy atom. The predicted octanol–water partition coefficient (Wildman–Crippen LogP) is 4.25. The quantitative estimate of drug-likeness (QED) is 0.617. The summed E-state index contributed by atoms with van der Waals surface area (Å²) in [6, 6.07) is 19.5. The van der Waals surface area contributed by atoms with E-state index in [1.807, 2.05) is 24.3 Å². The molecule has 0 aromatic heterocycles. The first-order chi connectivity index (χ1) is 13.0. The van der Waals surface area contributed by atoms with Crippen molar-refractivity contribution in [2.24, 2.45) is 0 Å². The Bertz CT molecular complexity index is 989. The number of carbonyl (C=O) groups excluding carboxylic acids is 2. The number of ether oxygens (including phenoxy) is 1. The van der Waals surface area contributed by atoms with E-state index in [0.717, 1.165) is 21.9 Å². The van der Waals surface area contributed by atoms with E-state index in [4.69, 9.17) is 4.74 Å². The second-order valence-electron chi connectivity index (χ2n) is 6.65. The van der Waals surface area contributed by atoms with Gasteiger partial charge in [-0.3, -0.25) is 9.59 Å². The van der Waals surface area contributed by atoms with Crippen LogP contribution in [0.2, 0.25) is 0 Å². The molecule has 0 spiro atoms. The van der Waals surface area contributed by atoms with Crippen molar-refractivity contribution in [3.63, 3.8) is 0 Å². The predicted molar refractivity (Wildman–Crippen MR) is 107 cm³/mol. The van der Waals surface area contributed by atoms with Crippen molar-refractivity contribution >= 4 is 22.5 Å². The molecule has 4 heteroatoms. The Balaban J connectivity index is 1.80. The van der Waals surface area contributed by atoms with Gasteiger partial charge in [0.05, 0.1) is 13.5 Å². The summed E-state index contributed by atoms with van der Waals surface area (Å²) in [4.78, 5) is 26.1. The molecule has 0 atom stereocenters. The largest absolute Gasteiger partial charge is 0.496 e. The van der Waals surface area contributed by atoms with Gasteiger partial charge in [0, 0.05) is 24.7 Å². The van der Waals surface area contributed by atoms with Crippen molar-refractivity contribution in [1.29, 1.82) is 0 Å². The Labute approximate surface area is 159 Å². The van der Waals surface area contributed by atoms with Crippen LogP contribution in [-0.4, -0.2) is 30.7 Å². The van der Waals surface area contributed by atoms with E-state index in [1.54, 1.807) is 37.3 Å². The molecular formula is C23H23NO3. The monoisotopic (exact) mass is 361 g/mol. The minimum absolute atomic E-state index is 0.0260. The Morgan fingerprint density at radius 1 is 0.963 bits per heavy atom. The lowest BCUT2D eigenvalue weighted by molar-refractivity contribution is -0.129. The van der Waals surface area contributed by atoms with Gasteiger partial charge in [0.1, 0.15) is 5.75 Å². The standard InChI is InChI=1S/C23H23NO3/c1-16(25)18-11-12-22(27-3)20(13-18)14-23(26)24(2)15-19-9-6-8-17-7-4-5-10-21(17)19/h4-13H,14-15H2,1-3H3. The van der Waals surface area contributed by atoms with E-state index >= 15 is 0 Å². The number of nitrogens with zero attached hydrogens (tertiary/aromatic N) is 1. The molecule has 3 aromatic rings. The summed E-state index contributed by atoms with van der Waals surface area (Å²) in [7, 11) is 3.36.